The summed E-state index contributed by atoms with van der Waals surface area (Å²) in [6.07, 6.45) is -3.58. The summed E-state index contributed by atoms with van der Waals surface area (Å²) in [5.74, 6) is -1.04. The molecular weight excluding hydrogens is 354 g/mol. The number of benzene rings is 1. The molecule has 26 heavy (non-hydrogen) atoms. The first-order valence-corrected chi connectivity index (χ1v) is 7.15. The molecule has 0 radical (unpaired) electrons. The Balaban J connectivity index is 1.83. The molecule has 0 atom stereocenters. The van der Waals surface area contributed by atoms with Gasteiger partial charge in [0.2, 0.25) is 0 Å². The predicted molar refractivity (Wildman–Crippen MR) is 80.2 cm³/mol. The van der Waals surface area contributed by atoms with Crippen molar-refractivity contribution in [3.63, 3.8) is 0 Å². The van der Waals surface area contributed by atoms with Gasteiger partial charge in [0, 0.05) is 5.56 Å². The maximum atomic E-state index is 13.9. The molecule has 0 spiro atoms. The molecule has 0 fully saturated rings. The second-order valence-electron chi connectivity index (χ2n) is 5.09. The average molecular weight is 363 g/mol. The fraction of sp³-hybridized carbons (Fsp3) is 0.125. The van der Waals surface area contributed by atoms with Gasteiger partial charge in [-0.25, -0.2) is 19.0 Å². The Bertz CT molecular complexity index is 977. The van der Waals surface area contributed by atoms with Gasteiger partial charge in [-0.2, -0.15) is 5.26 Å². The summed E-state index contributed by atoms with van der Waals surface area (Å²) in [6.45, 7) is -0.161. The molecule has 0 amide bonds. The summed E-state index contributed by atoms with van der Waals surface area (Å²) >= 11 is 0. The van der Waals surface area contributed by atoms with Crippen LogP contribution in [0.25, 0.3) is 11.5 Å². The number of rotatable bonds is 4. The molecular formula is C16H9F4N5O. The Hall–Kier alpha value is -3.48. The standard InChI is InChI=1S/C16H9F4N5O/c17-13-5-4-12(26-16(18,19)20)6-10(13)8-25-9-22-15(24-25)14-3-1-2-11(7-21)23-14/h1-6,9H,8H2. The highest BCUT2D eigenvalue weighted by molar-refractivity contribution is 5.49. The quantitative estimate of drug-likeness (QED) is 0.665. The zero-order chi connectivity index (χ0) is 18.7. The van der Waals surface area contributed by atoms with Crippen molar-refractivity contribution in [2.24, 2.45) is 0 Å². The predicted octanol–water partition coefficient (Wildman–Crippen LogP) is 3.30. The molecule has 132 valence electrons. The highest BCUT2D eigenvalue weighted by atomic mass is 19.4. The monoisotopic (exact) mass is 363 g/mol. The topological polar surface area (TPSA) is 76.6 Å². The lowest BCUT2D eigenvalue weighted by atomic mass is 10.2. The molecule has 0 unspecified atom stereocenters. The van der Waals surface area contributed by atoms with Crippen molar-refractivity contribution in [1.82, 2.24) is 19.7 Å². The minimum Gasteiger partial charge on any atom is -0.406 e. The molecule has 0 N–H and O–H groups in total. The lowest BCUT2D eigenvalue weighted by Gasteiger charge is -2.10. The lowest BCUT2D eigenvalue weighted by Crippen LogP contribution is -2.17. The minimum absolute atomic E-state index is 0.0538. The molecule has 0 saturated heterocycles. The van der Waals surface area contributed by atoms with Gasteiger partial charge in [0.1, 0.15) is 35.4 Å². The van der Waals surface area contributed by atoms with E-state index in [9.17, 15) is 17.6 Å². The largest absolute Gasteiger partial charge is 0.573 e. The Kier molecular flexibility index (Phi) is 4.53. The van der Waals surface area contributed by atoms with Crippen LogP contribution in [0.5, 0.6) is 5.75 Å². The van der Waals surface area contributed by atoms with Crippen LogP contribution in [-0.2, 0) is 6.54 Å². The first-order chi connectivity index (χ1) is 12.3. The van der Waals surface area contributed by atoms with Gasteiger partial charge >= 0.3 is 6.36 Å². The van der Waals surface area contributed by atoms with E-state index in [4.69, 9.17) is 5.26 Å². The minimum atomic E-state index is -4.87. The fourth-order valence-electron chi connectivity index (χ4n) is 2.15. The Morgan fingerprint density at radius 3 is 2.73 bits per heavy atom. The number of aromatic nitrogens is 4. The van der Waals surface area contributed by atoms with Crippen molar-refractivity contribution in [3.8, 4) is 23.3 Å². The highest BCUT2D eigenvalue weighted by Crippen LogP contribution is 2.25. The molecule has 10 heteroatoms. The number of nitrogens with zero attached hydrogens (tertiary/aromatic N) is 5. The van der Waals surface area contributed by atoms with Crippen molar-refractivity contribution >= 4 is 0 Å². The van der Waals surface area contributed by atoms with Crippen LogP contribution in [0.1, 0.15) is 11.3 Å². The van der Waals surface area contributed by atoms with Crippen LogP contribution in [0.4, 0.5) is 17.6 Å². The van der Waals surface area contributed by atoms with E-state index in [1.54, 1.807) is 12.1 Å². The molecule has 6 nitrogen and oxygen atoms in total. The van der Waals surface area contributed by atoms with E-state index in [0.717, 1.165) is 18.2 Å². The summed E-state index contributed by atoms with van der Waals surface area (Å²) in [5, 5.41) is 13.0. The van der Waals surface area contributed by atoms with Crippen LogP contribution in [0.3, 0.4) is 0 Å². The van der Waals surface area contributed by atoms with Crippen LogP contribution < -0.4 is 4.74 Å². The summed E-state index contributed by atoms with van der Waals surface area (Å²) in [6, 6.07) is 9.32. The van der Waals surface area contributed by atoms with Crippen LogP contribution in [0.2, 0.25) is 0 Å². The SMILES string of the molecule is N#Cc1cccc(-c2ncn(Cc3cc(OC(F)(F)F)ccc3F)n2)n1. The molecule has 0 saturated carbocycles. The number of hydrogen-bond acceptors (Lipinski definition) is 5. The fourth-order valence-corrected chi connectivity index (χ4v) is 2.15. The Labute approximate surface area is 144 Å². The third-order valence-corrected chi connectivity index (χ3v) is 3.21. The third-order valence-electron chi connectivity index (χ3n) is 3.21. The second-order valence-corrected chi connectivity index (χ2v) is 5.09. The second kappa shape index (κ2) is 6.79. The van der Waals surface area contributed by atoms with E-state index in [0.29, 0.717) is 5.69 Å². The molecule has 2 aromatic heterocycles. The van der Waals surface area contributed by atoms with Gasteiger partial charge in [0.25, 0.3) is 0 Å². The van der Waals surface area contributed by atoms with Crippen molar-refractivity contribution < 1.29 is 22.3 Å². The average Bonchev–Trinajstić information content (AvgIpc) is 3.05. The molecule has 0 aliphatic carbocycles. The molecule has 0 aliphatic rings. The lowest BCUT2D eigenvalue weighted by molar-refractivity contribution is -0.274. The smallest absolute Gasteiger partial charge is 0.406 e. The number of ether oxygens (including phenoxy) is 1. The van der Waals surface area contributed by atoms with Crippen molar-refractivity contribution in [1.29, 1.82) is 5.26 Å². The molecule has 3 rings (SSSR count). The third kappa shape index (κ3) is 4.13. The van der Waals surface area contributed by atoms with E-state index < -0.39 is 17.9 Å². The maximum Gasteiger partial charge on any atom is 0.573 e. The molecule has 2 heterocycles. The highest BCUT2D eigenvalue weighted by Gasteiger charge is 2.31. The van der Waals surface area contributed by atoms with Gasteiger partial charge in [0.15, 0.2) is 5.82 Å². The summed E-state index contributed by atoms with van der Waals surface area (Å²) in [7, 11) is 0. The zero-order valence-corrected chi connectivity index (χ0v) is 12.9. The van der Waals surface area contributed by atoms with Crippen LogP contribution in [-0.4, -0.2) is 26.1 Å². The van der Waals surface area contributed by atoms with Gasteiger partial charge in [-0.3, -0.25) is 0 Å². The molecule has 0 bridgehead atoms. The Morgan fingerprint density at radius 1 is 1.19 bits per heavy atom. The summed E-state index contributed by atoms with van der Waals surface area (Å²) < 4.78 is 55.7. The van der Waals surface area contributed by atoms with Gasteiger partial charge in [-0.05, 0) is 30.3 Å². The van der Waals surface area contributed by atoms with Gasteiger partial charge in [-0.15, -0.1) is 18.3 Å². The van der Waals surface area contributed by atoms with E-state index in [-0.39, 0.29) is 23.6 Å². The van der Waals surface area contributed by atoms with Gasteiger partial charge in [0.05, 0.1) is 6.54 Å². The number of alkyl halides is 3. The molecule has 3 aromatic rings. The van der Waals surface area contributed by atoms with Crippen molar-refractivity contribution in [3.05, 3.63) is 59.8 Å². The summed E-state index contributed by atoms with van der Waals surface area (Å²) in [4.78, 5) is 8.05. The van der Waals surface area contributed by atoms with Gasteiger partial charge in [-0.1, -0.05) is 6.07 Å². The first-order valence-electron chi connectivity index (χ1n) is 7.15. The van der Waals surface area contributed by atoms with E-state index in [1.165, 1.54) is 17.1 Å². The van der Waals surface area contributed by atoms with E-state index >= 15 is 0 Å². The Morgan fingerprint density at radius 2 is 2.00 bits per heavy atom. The van der Waals surface area contributed by atoms with Crippen LogP contribution in [0, 0.1) is 17.1 Å². The number of hydrogen-bond donors (Lipinski definition) is 0. The van der Waals surface area contributed by atoms with Crippen molar-refractivity contribution in [2.75, 3.05) is 0 Å². The van der Waals surface area contributed by atoms with E-state index in [2.05, 4.69) is 19.8 Å². The normalized spacial score (nSPS) is 11.2. The summed E-state index contributed by atoms with van der Waals surface area (Å²) in [5.41, 5.74) is 0.473. The molecule has 0 aliphatic heterocycles. The van der Waals surface area contributed by atoms with Gasteiger partial charge < -0.3 is 4.74 Å². The number of halogens is 4. The first kappa shape index (κ1) is 17.3. The van der Waals surface area contributed by atoms with Crippen molar-refractivity contribution in [2.45, 2.75) is 12.9 Å². The van der Waals surface area contributed by atoms with Crippen LogP contribution >= 0.6 is 0 Å². The van der Waals surface area contributed by atoms with E-state index in [1.807, 2.05) is 6.07 Å². The molecule has 1 aromatic carbocycles. The number of pyridine rings is 1. The maximum absolute atomic E-state index is 13.9. The number of nitriles is 1. The van der Waals surface area contributed by atoms with Crippen LogP contribution in [0.15, 0.2) is 42.7 Å². The zero-order valence-electron chi connectivity index (χ0n) is 12.9.